The van der Waals surface area contributed by atoms with E-state index in [1.54, 1.807) is 19.1 Å². The highest BCUT2D eigenvalue weighted by atomic mass is 79.9. The number of halogens is 4. The summed E-state index contributed by atoms with van der Waals surface area (Å²) in [6.07, 6.45) is -0.0527. The molecule has 14 heavy (non-hydrogen) atoms. The van der Waals surface area contributed by atoms with Crippen LogP contribution in [0.15, 0.2) is 27.1 Å². The second-order valence-corrected chi connectivity index (χ2v) is 5.70. The lowest BCUT2D eigenvalue weighted by Crippen LogP contribution is -2.11. The Morgan fingerprint density at radius 3 is 1.93 bits per heavy atom. The number of benzene rings is 1. The van der Waals surface area contributed by atoms with E-state index < -0.39 is 11.3 Å². The van der Waals surface area contributed by atoms with Crippen LogP contribution in [-0.4, -0.2) is 5.92 Å². The summed E-state index contributed by atoms with van der Waals surface area (Å²) in [6.45, 7) is 1.60. The highest BCUT2D eigenvalue weighted by Crippen LogP contribution is 2.61. The van der Waals surface area contributed by atoms with Crippen molar-refractivity contribution in [1.82, 2.24) is 0 Å². The van der Waals surface area contributed by atoms with Gasteiger partial charge in [0.1, 0.15) is 0 Å². The molecule has 1 unspecified atom stereocenters. The molecule has 0 N–H and O–H groups in total. The van der Waals surface area contributed by atoms with Crippen LogP contribution >= 0.6 is 31.9 Å². The summed E-state index contributed by atoms with van der Waals surface area (Å²) in [5.74, 6) is -2.55. The van der Waals surface area contributed by atoms with Gasteiger partial charge in [-0.25, -0.2) is 8.78 Å². The summed E-state index contributed by atoms with van der Waals surface area (Å²) in [5, 5.41) is 0. The molecule has 1 fully saturated rings. The fourth-order valence-corrected chi connectivity index (χ4v) is 2.88. The Balaban J connectivity index is 2.44. The molecule has 4 heteroatoms. The lowest BCUT2D eigenvalue weighted by atomic mass is 9.98. The normalized spacial score (nSPS) is 28.9. The molecule has 0 saturated heterocycles. The first-order valence-electron chi connectivity index (χ1n) is 4.20. The smallest absolute Gasteiger partial charge is 0.206 e. The molecule has 1 aromatic carbocycles. The number of alkyl halides is 2. The molecule has 0 nitrogen and oxygen atoms in total. The maximum Gasteiger partial charge on any atom is 0.258 e. The van der Waals surface area contributed by atoms with Gasteiger partial charge in [0.2, 0.25) is 0 Å². The molecule has 0 bridgehead atoms. The van der Waals surface area contributed by atoms with Crippen molar-refractivity contribution in [1.29, 1.82) is 0 Å². The van der Waals surface area contributed by atoms with E-state index in [9.17, 15) is 8.78 Å². The maximum absolute atomic E-state index is 13.1. The van der Waals surface area contributed by atoms with E-state index in [-0.39, 0.29) is 6.42 Å². The van der Waals surface area contributed by atoms with E-state index in [0.717, 1.165) is 8.95 Å². The summed E-state index contributed by atoms with van der Waals surface area (Å²) >= 11 is 6.59. The van der Waals surface area contributed by atoms with E-state index in [1.165, 1.54) is 0 Å². The lowest BCUT2D eigenvalue weighted by Gasteiger charge is -2.11. The van der Waals surface area contributed by atoms with Crippen LogP contribution < -0.4 is 0 Å². The molecule has 76 valence electrons. The minimum Gasteiger partial charge on any atom is -0.206 e. The van der Waals surface area contributed by atoms with Crippen molar-refractivity contribution >= 4 is 31.9 Å². The van der Waals surface area contributed by atoms with Crippen molar-refractivity contribution in [3.05, 3.63) is 32.7 Å². The van der Waals surface area contributed by atoms with Crippen molar-refractivity contribution in [3.8, 4) is 0 Å². The molecule has 0 aliphatic heterocycles. The summed E-state index contributed by atoms with van der Waals surface area (Å²) in [5.41, 5.74) is -0.289. The van der Waals surface area contributed by atoms with Gasteiger partial charge in [-0.15, -0.1) is 0 Å². The molecule has 1 saturated carbocycles. The maximum atomic E-state index is 13.1. The van der Waals surface area contributed by atoms with Crippen LogP contribution in [0, 0.1) is 0 Å². The van der Waals surface area contributed by atoms with Crippen molar-refractivity contribution in [2.24, 2.45) is 0 Å². The Hall–Kier alpha value is 0.0400. The fourth-order valence-electron chi connectivity index (χ4n) is 1.59. The van der Waals surface area contributed by atoms with E-state index in [0.29, 0.717) is 5.56 Å². The Morgan fingerprint density at radius 2 is 1.57 bits per heavy atom. The van der Waals surface area contributed by atoms with Crippen LogP contribution in [-0.2, 0) is 5.41 Å². The van der Waals surface area contributed by atoms with Gasteiger partial charge in [-0.1, -0.05) is 31.9 Å². The fraction of sp³-hybridized carbons (Fsp3) is 0.400. The van der Waals surface area contributed by atoms with Gasteiger partial charge < -0.3 is 0 Å². The van der Waals surface area contributed by atoms with Gasteiger partial charge in [0.25, 0.3) is 5.92 Å². The van der Waals surface area contributed by atoms with E-state index in [4.69, 9.17) is 0 Å². The number of hydrogen-bond acceptors (Lipinski definition) is 0. The van der Waals surface area contributed by atoms with Crippen LogP contribution in [0.2, 0.25) is 0 Å². The molecule has 0 heterocycles. The van der Waals surface area contributed by atoms with Gasteiger partial charge in [-0.2, -0.15) is 0 Å². The third-order valence-corrected chi connectivity index (χ3v) is 3.67. The zero-order valence-electron chi connectivity index (χ0n) is 7.45. The third-order valence-electron chi connectivity index (χ3n) is 2.76. The van der Waals surface area contributed by atoms with Crippen molar-refractivity contribution < 1.29 is 8.78 Å². The third kappa shape index (κ3) is 1.52. The van der Waals surface area contributed by atoms with Crippen LogP contribution in [0.5, 0.6) is 0 Å². The molecule has 1 aromatic rings. The topological polar surface area (TPSA) is 0 Å². The van der Waals surface area contributed by atoms with E-state index >= 15 is 0 Å². The molecular weight excluding hydrogens is 318 g/mol. The zero-order valence-corrected chi connectivity index (χ0v) is 10.6. The van der Waals surface area contributed by atoms with Gasteiger partial charge in [0, 0.05) is 15.4 Å². The first kappa shape index (κ1) is 10.6. The minimum atomic E-state index is -2.55. The molecule has 0 aromatic heterocycles. The molecule has 2 rings (SSSR count). The Morgan fingerprint density at radius 1 is 1.14 bits per heavy atom. The Bertz CT molecular complexity index is 369. The zero-order chi connectivity index (χ0) is 10.6. The van der Waals surface area contributed by atoms with Gasteiger partial charge in [0.15, 0.2) is 0 Å². The Labute approximate surface area is 98.0 Å². The average Bonchev–Trinajstić information content (AvgIpc) is 2.50. The minimum absolute atomic E-state index is 0.0527. The molecule has 1 aliphatic carbocycles. The van der Waals surface area contributed by atoms with Gasteiger partial charge in [0.05, 0.1) is 5.41 Å². The second kappa shape index (κ2) is 3.01. The van der Waals surface area contributed by atoms with Crippen molar-refractivity contribution in [2.75, 3.05) is 0 Å². The van der Waals surface area contributed by atoms with Gasteiger partial charge in [-0.05, 0) is 30.7 Å². The molecule has 0 amide bonds. The van der Waals surface area contributed by atoms with Crippen molar-refractivity contribution in [3.63, 3.8) is 0 Å². The second-order valence-electron chi connectivity index (χ2n) is 3.87. The molecule has 0 spiro atoms. The summed E-state index contributed by atoms with van der Waals surface area (Å²) in [6, 6.07) is 5.35. The quantitative estimate of drug-likeness (QED) is 0.712. The van der Waals surface area contributed by atoms with Crippen LogP contribution in [0.4, 0.5) is 8.78 Å². The van der Waals surface area contributed by atoms with Crippen molar-refractivity contribution in [2.45, 2.75) is 24.7 Å². The van der Waals surface area contributed by atoms with Gasteiger partial charge >= 0.3 is 0 Å². The molecule has 1 atom stereocenters. The molecular formula is C10H8Br2F2. The Kier molecular flexibility index (Phi) is 2.27. The first-order valence-corrected chi connectivity index (χ1v) is 5.78. The summed E-state index contributed by atoms with van der Waals surface area (Å²) in [7, 11) is 0. The predicted molar refractivity (Wildman–Crippen MR) is 58.8 cm³/mol. The van der Waals surface area contributed by atoms with E-state index in [2.05, 4.69) is 31.9 Å². The van der Waals surface area contributed by atoms with Crippen LogP contribution in [0.3, 0.4) is 0 Å². The summed E-state index contributed by atoms with van der Waals surface area (Å²) in [4.78, 5) is 0. The van der Waals surface area contributed by atoms with Crippen LogP contribution in [0.25, 0.3) is 0 Å². The average molecular weight is 326 g/mol. The van der Waals surface area contributed by atoms with Gasteiger partial charge in [-0.3, -0.25) is 0 Å². The largest absolute Gasteiger partial charge is 0.258 e. The molecule has 0 radical (unpaired) electrons. The standard InChI is InChI=1S/C10H8Br2F2/c1-9(5-10(9,13)14)6-2-7(11)4-8(12)3-6/h2-4H,5H2,1H3. The SMILES string of the molecule is CC1(c2cc(Br)cc(Br)c2)CC1(F)F. The lowest BCUT2D eigenvalue weighted by molar-refractivity contribution is 0.0920. The molecule has 1 aliphatic rings. The number of rotatable bonds is 1. The first-order chi connectivity index (χ1) is 6.35. The highest BCUT2D eigenvalue weighted by Gasteiger charge is 2.68. The summed E-state index contributed by atoms with van der Waals surface area (Å²) < 4.78 is 27.8. The predicted octanol–water partition coefficient (Wildman–Crippen LogP) is 4.51. The monoisotopic (exact) mass is 324 g/mol. The van der Waals surface area contributed by atoms with Crippen LogP contribution in [0.1, 0.15) is 18.9 Å². The highest BCUT2D eigenvalue weighted by molar-refractivity contribution is 9.11. The van der Waals surface area contributed by atoms with E-state index in [1.807, 2.05) is 6.07 Å². The number of hydrogen-bond donors (Lipinski definition) is 0.